The number of halogens is 4. The number of amides is 1. The van der Waals surface area contributed by atoms with Gasteiger partial charge in [-0.3, -0.25) is 4.79 Å². The van der Waals surface area contributed by atoms with Gasteiger partial charge in [-0.05, 0) is 40.7 Å². The highest BCUT2D eigenvalue weighted by Crippen LogP contribution is 2.46. The number of nitrogens with one attached hydrogen (secondary N) is 2. The van der Waals surface area contributed by atoms with Crippen molar-refractivity contribution in [3.05, 3.63) is 32.6 Å². The van der Waals surface area contributed by atoms with Crippen molar-refractivity contribution in [3.63, 3.8) is 0 Å². The Hall–Kier alpha value is -1.55. The monoisotopic (exact) mass is 450 g/mol. The maximum atomic E-state index is 13.6. The van der Waals surface area contributed by atoms with Crippen molar-refractivity contribution in [1.29, 1.82) is 0 Å². The molecule has 2 aromatic heterocycles. The van der Waals surface area contributed by atoms with Crippen LogP contribution < -0.4 is 10.6 Å². The highest BCUT2D eigenvalue weighted by molar-refractivity contribution is 9.10. The Balaban J connectivity index is 2.00. The molecule has 0 aromatic carbocycles. The van der Waals surface area contributed by atoms with Crippen molar-refractivity contribution in [2.24, 2.45) is 0 Å². The Kier molecular flexibility index (Phi) is 5.34. The zero-order chi connectivity index (χ0) is 19.1. The third kappa shape index (κ3) is 3.62. The fourth-order valence-electron chi connectivity index (χ4n) is 2.80. The van der Waals surface area contributed by atoms with Gasteiger partial charge in [-0.1, -0.05) is 13.0 Å². The van der Waals surface area contributed by atoms with Crippen LogP contribution in [0.5, 0.6) is 0 Å². The molecule has 1 amide bonds. The molecule has 0 saturated carbocycles. The summed E-state index contributed by atoms with van der Waals surface area (Å²) in [5.74, 6) is -0.324. The third-order valence-electron chi connectivity index (χ3n) is 4.39. The largest absolute Gasteiger partial charge is 0.410 e. The number of hydrogen-bond acceptors (Lipinski definition) is 4. The molecular formula is C16H18BrF3N4OS. The molecule has 0 saturated heterocycles. The van der Waals surface area contributed by atoms with Crippen molar-refractivity contribution < 1.29 is 18.0 Å². The van der Waals surface area contributed by atoms with E-state index in [-0.39, 0.29) is 28.4 Å². The molecule has 26 heavy (non-hydrogen) atoms. The normalized spacial score (nSPS) is 21.0. The zero-order valence-electron chi connectivity index (χ0n) is 14.1. The quantitative estimate of drug-likeness (QED) is 0.696. The van der Waals surface area contributed by atoms with Gasteiger partial charge in [-0.15, -0.1) is 11.3 Å². The Morgan fingerprint density at radius 2 is 2.31 bits per heavy atom. The Bertz CT molecular complexity index is 790. The van der Waals surface area contributed by atoms with Gasteiger partial charge in [0.15, 0.2) is 11.7 Å². The number of aromatic nitrogens is 2. The molecule has 0 unspecified atom stereocenters. The maximum Gasteiger partial charge on any atom is 0.410 e. The molecular weight excluding hydrogens is 433 g/mol. The summed E-state index contributed by atoms with van der Waals surface area (Å²) in [4.78, 5) is 13.2. The van der Waals surface area contributed by atoms with E-state index >= 15 is 0 Å². The Labute approximate surface area is 161 Å². The SMILES string of the molecule is CC[C@H](C)NC(=O)c1nn2c(c1Br)N[C@@H](c1cccs1)C[C@H]2C(F)(F)F. The van der Waals surface area contributed by atoms with E-state index in [4.69, 9.17) is 0 Å². The van der Waals surface area contributed by atoms with Crippen LogP contribution in [-0.2, 0) is 0 Å². The Morgan fingerprint density at radius 3 is 2.88 bits per heavy atom. The van der Waals surface area contributed by atoms with Crippen molar-refractivity contribution in [3.8, 4) is 0 Å². The predicted molar refractivity (Wildman–Crippen MR) is 97.5 cm³/mol. The fourth-order valence-corrected chi connectivity index (χ4v) is 4.15. The summed E-state index contributed by atoms with van der Waals surface area (Å²) >= 11 is 4.66. The van der Waals surface area contributed by atoms with Gasteiger partial charge in [0, 0.05) is 17.3 Å². The third-order valence-corrected chi connectivity index (χ3v) is 6.12. The number of alkyl halides is 3. The molecule has 3 atom stereocenters. The summed E-state index contributed by atoms with van der Waals surface area (Å²) in [5.41, 5.74) is -0.0473. The zero-order valence-corrected chi connectivity index (χ0v) is 16.5. The van der Waals surface area contributed by atoms with Gasteiger partial charge in [0.25, 0.3) is 5.91 Å². The summed E-state index contributed by atoms with van der Waals surface area (Å²) in [6.45, 7) is 3.73. The lowest BCUT2D eigenvalue weighted by molar-refractivity contribution is -0.173. The summed E-state index contributed by atoms with van der Waals surface area (Å²) in [6.07, 6.45) is -3.94. The van der Waals surface area contributed by atoms with E-state index in [1.54, 1.807) is 12.1 Å². The number of thiophene rings is 1. The molecule has 2 N–H and O–H groups in total. The van der Waals surface area contributed by atoms with E-state index in [9.17, 15) is 18.0 Å². The highest BCUT2D eigenvalue weighted by atomic mass is 79.9. The van der Waals surface area contributed by atoms with Crippen LogP contribution in [0.25, 0.3) is 0 Å². The minimum Gasteiger partial charge on any atom is -0.362 e. The van der Waals surface area contributed by atoms with Crippen LogP contribution in [0.4, 0.5) is 19.0 Å². The molecule has 5 nitrogen and oxygen atoms in total. The van der Waals surface area contributed by atoms with Crippen molar-refractivity contribution >= 4 is 39.0 Å². The van der Waals surface area contributed by atoms with Gasteiger partial charge >= 0.3 is 6.18 Å². The summed E-state index contributed by atoms with van der Waals surface area (Å²) < 4.78 is 42.0. The van der Waals surface area contributed by atoms with Crippen molar-refractivity contribution in [1.82, 2.24) is 15.1 Å². The minimum absolute atomic E-state index is 0.0473. The van der Waals surface area contributed by atoms with Crippen LogP contribution in [-0.4, -0.2) is 27.9 Å². The first-order chi connectivity index (χ1) is 12.2. The lowest BCUT2D eigenvalue weighted by atomic mass is 10.0. The topological polar surface area (TPSA) is 59.0 Å². The van der Waals surface area contributed by atoms with E-state index in [1.807, 2.05) is 19.2 Å². The van der Waals surface area contributed by atoms with E-state index in [2.05, 4.69) is 31.7 Å². The molecule has 0 fully saturated rings. The minimum atomic E-state index is -4.47. The van der Waals surface area contributed by atoms with Crippen molar-refractivity contribution in [2.45, 2.75) is 51.0 Å². The van der Waals surface area contributed by atoms with Gasteiger partial charge in [0.05, 0.1) is 10.5 Å². The lowest BCUT2D eigenvalue weighted by Crippen LogP contribution is -2.36. The molecule has 0 bridgehead atoms. The van der Waals surface area contributed by atoms with Crippen molar-refractivity contribution in [2.75, 3.05) is 5.32 Å². The summed E-state index contributed by atoms with van der Waals surface area (Å²) in [7, 11) is 0. The van der Waals surface area contributed by atoms with Crippen LogP contribution in [0.1, 0.15) is 54.1 Å². The number of carbonyl (C=O) groups excluding carboxylic acids is 1. The Morgan fingerprint density at radius 1 is 1.58 bits per heavy atom. The second kappa shape index (κ2) is 7.22. The van der Waals surface area contributed by atoms with Crippen LogP contribution in [0.15, 0.2) is 22.0 Å². The molecule has 142 valence electrons. The molecule has 0 spiro atoms. The van der Waals surface area contributed by atoms with E-state index in [0.29, 0.717) is 6.42 Å². The second-order valence-corrected chi connectivity index (χ2v) is 8.02. The number of rotatable bonds is 4. The molecule has 0 radical (unpaired) electrons. The van der Waals surface area contributed by atoms with Crippen LogP contribution in [0.2, 0.25) is 0 Å². The molecule has 2 aromatic rings. The van der Waals surface area contributed by atoms with Gasteiger partial charge in [-0.2, -0.15) is 18.3 Å². The first-order valence-corrected chi connectivity index (χ1v) is 9.85. The predicted octanol–water partition coefficient (Wildman–Crippen LogP) is 4.90. The molecule has 3 heterocycles. The van der Waals surface area contributed by atoms with Gasteiger partial charge in [0.2, 0.25) is 0 Å². The molecule has 1 aliphatic rings. The molecule has 1 aliphatic heterocycles. The van der Waals surface area contributed by atoms with Gasteiger partial charge < -0.3 is 10.6 Å². The number of hydrogen-bond donors (Lipinski definition) is 2. The second-order valence-electron chi connectivity index (χ2n) is 6.24. The average Bonchev–Trinajstić information content (AvgIpc) is 3.21. The summed E-state index contributed by atoms with van der Waals surface area (Å²) in [5, 5.41) is 11.6. The smallest absolute Gasteiger partial charge is 0.362 e. The number of fused-ring (bicyclic) bond motifs is 1. The van der Waals surface area contributed by atoms with E-state index in [1.165, 1.54) is 11.3 Å². The molecule has 10 heteroatoms. The molecule has 3 rings (SSSR count). The average molecular weight is 451 g/mol. The number of nitrogens with zero attached hydrogens (tertiary/aromatic N) is 2. The van der Waals surface area contributed by atoms with Crippen LogP contribution in [0, 0.1) is 0 Å². The van der Waals surface area contributed by atoms with E-state index < -0.39 is 24.2 Å². The lowest BCUT2D eigenvalue weighted by Gasteiger charge is -2.33. The standard InChI is InChI=1S/C16H18BrF3N4OS/c1-3-8(2)21-15(25)13-12(17)14-22-9(10-5-4-6-26-10)7-11(16(18,19)20)24(14)23-13/h4-6,8-9,11,22H,3,7H2,1-2H3,(H,21,25)/t8-,9+,11-/m0/s1. The van der Waals surface area contributed by atoms with Crippen LogP contribution >= 0.6 is 27.3 Å². The first-order valence-electron chi connectivity index (χ1n) is 8.17. The van der Waals surface area contributed by atoms with Crippen LogP contribution in [0.3, 0.4) is 0 Å². The summed E-state index contributed by atoms with van der Waals surface area (Å²) in [6, 6.07) is 1.21. The number of anilines is 1. The van der Waals surface area contributed by atoms with Gasteiger partial charge in [-0.25, -0.2) is 4.68 Å². The fraction of sp³-hybridized carbons (Fsp3) is 0.500. The highest BCUT2D eigenvalue weighted by Gasteiger charge is 2.48. The van der Waals surface area contributed by atoms with E-state index in [0.717, 1.165) is 9.56 Å². The molecule has 0 aliphatic carbocycles. The maximum absolute atomic E-state index is 13.6. The van der Waals surface area contributed by atoms with Gasteiger partial charge in [0.1, 0.15) is 5.82 Å². The number of carbonyl (C=O) groups is 1. The first kappa shape index (κ1) is 19.2.